The molecule has 0 aromatic heterocycles. The number of benzene rings is 2. The highest BCUT2D eigenvalue weighted by atomic mass is 19.1. The number of nitrogens with zero attached hydrogens (tertiary/aromatic N) is 1. The van der Waals surface area contributed by atoms with E-state index >= 15 is 0 Å². The maximum absolute atomic E-state index is 13.1. The summed E-state index contributed by atoms with van der Waals surface area (Å²) in [6.07, 6.45) is -1.14. The lowest BCUT2D eigenvalue weighted by molar-refractivity contribution is -0.114. The molecule has 0 saturated heterocycles. The molecule has 5 heteroatoms. The number of nitrogens with one attached hydrogen (secondary N) is 1. The quantitative estimate of drug-likeness (QED) is 0.947. The molecule has 1 aliphatic rings. The minimum atomic E-state index is -0.606. The zero-order valence-corrected chi connectivity index (χ0v) is 12.0. The van der Waals surface area contributed by atoms with E-state index in [4.69, 9.17) is 4.74 Å². The first kappa shape index (κ1) is 14.4. The van der Waals surface area contributed by atoms with Crippen molar-refractivity contribution in [3.05, 3.63) is 71.5 Å². The van der Waals surface area contributed by atoms with E-state index in [1.807, 2.05) is 30.3 Å². The van der Waals surface area contributed by atoms with Gasteiger partial charge in [-0.3, -0.25) is 4.79 Å². The Hall–Kier alpha value is -2.53. The van der Waals surface area contributed by atoms with Crippen molar-refractivity contribution in [1.29, 1.82) is 0 Å². The summed E-state index contributed by atoms with van der Waals surface area (Å²) in [4.78, 5) is 16.4. The molecular formula is C17H15FN2O2. The van der Waals surface area contributed by atoms with Crippen LogP contribution in [-0.2, 0) is 9.53 Å². The van der Waals surface area contributed by atoms with Crippen LogP contribution < -0.4 is 5.32 Å². The second kappa shape index (κ2) is 6.07. The smallest absolute Gasteiger partial charge is 0.268 e. The first-order valence-electron chi connectivity index (χ1n) is 6.94. The Morgan fingerprint density at radius 2 is 1.77 bits per heavy atom. The maximum atomic E-state index is 13.1. The third kappa shape index (κ3) is 2.76. The molecule has 112 valence electrons. The van der Waals surface area contributed by atoms with Crippen LogP contribution in [-0.4, -0.2) is 18.7 Å². The van der Waals surface area contributed by atoms with Crippen LogP contribution in [0.3, 0.4) is 0 Å². The van der Waals surface area contributed by atoms with E-state index in [1.165, 1.54) is 12.1 Å². The molecule has 2 aromatic rings. The van der Waals surface area contributed by atoms with Gasteiger partial charge in [0.05, 0.1) is 0 Å². The van der Waals surface area contributed by atoms with Gasteiger partial charge in [-0.05, 0) is 17.7 Å². The fraction of sp³-hybridized carbons (Fsp3) is 0.176. The predicted molar refractivity (Wildman–Crippen MR) is 80.9 cm³/mol. The van der Waals surface area contributed by atoms with Crippen LogP contribution in [0.15, 0.2) is 59.6 Å². The van der Waals surface area contributed by atoms with Gasteiger partial charge in [0.15, 0.2) is 6.23 Å². The fourth-order valence-electron chi connectivity index (χ4n) is 2.37. The zero-order chi connectivity index (χ0) is 15.5. The van der Waals surface area contributed by atoms with E-state index in [-0.39, 0.29) is 11.7 Å². The number of hydrogen-bond donors (Lipinski definition) is 1. The highest BCUT2D eigenvalue weighted by Crippen LogP contribution is 2.35. The van der Waals surface area contributed by atoms with Gasteiger partial charge in [-0.15, -0.1) is 0 Å². The highest BCUT2D eigenvalue weighted by molar-refractivity contribution is 6.40. The molecule has 22 heavy (non-hydrogen) atoms. The summed E-state index contributed by atoms with van der Waals surface area (Å²) in [6.45, 7) is 0. The number of halogens is 1. The SMILES string of the molecule is CNC(=O)C1=N[C@@H](c2ccccc2)O[C@H]1c1ccc(F)cc1. The Balaban J connectivity index is 1.95. The normalized spacial score (nSPS) is 20.5. The van der Waals surface area contributed by atoms with Crippen LogP contribution in [0.2, 0.25) is 0 Å². The van der Waals surface area contributed by atoms with Crippen LogP contribution in [0.25, 0.3) is 0 Å². The van der Waals surface area contributed by atoms with Gasteiger partial charge in [-0.2, -0.15) is 0 Å². The third-order valence-corrected chi connectivity index (χ3v) is 3.49. The Bertz CT molecular complexity index is 698. The largest absolute Gasteiger partial charge is 0.354 e. The maximum Gasteiger partial charge on any atom is 0.268 e. The molecule has 1 amide bonds. The van der Waals surface area contributed by atoms with Gasteiger partial charge < -0.3 is 10.1 Å². The minimum absolute atomic E-state index is 0.294. The molecule has 1 heterocycles. The van der Waals surface area contributed by atoms with Gasteiger partial charge in [0.2, 0.25) is 0 Å². The van der Waals surface area contributed by atoms with E-state index in [0.717, 1.165) is 5.56 Å². The van der Waals surface area contributed by atoms with Crippen molar-refractivity contribution in [2.24, 2.45) is 4.99 Å². The molecule has 2 atom stereocenters. The second-order valence-corrected chi connectivity index (χ2v) is 4.92. The van der Waals surface area contributed by atoms with Gasteiger partial charge in [0.25, 0.3) is 5.91 Å². The molecular weight excluding hydrogens is 283 g/mol. The molecule has 0 saturated carbocycles. The van der Waals surface area contributed by atoms with Gasteiger partial charge in [0, 0.05) is 12.6 Å². The molecule has 0 fully saturated rings. The Labute approximate surface area is 127 Å². The van der Waals surface area contributed by atoms with Gasteiger partial charge in [0.1, 0.15) is 17.6 Å². The number of rotatable bonds is 3. The van der Waals surface area contributed by atoms with Crippen LogP contribution in [0.4, 0.5) is 4.39 Å². The number of amides is 1. The van der Waals surface area contributed by atoms with Gasteiger partial charge >= 0.3 is 0 Å². The first-order valence-corrected chi connectivity index (χ1v) is 6.94. The van der Waals surface area contributed by atoms with E-state index in [1.54, 1.807) is 19.2 Å². The van der Waals surface area contributed by atoms with Gasteiger partial charge in [-0.1, -0.05) is 42.5 Å². The molecule has 1 N–H and O–H groups in total. The Morgan fingerprint density at radius 1 is 1.09 bits per heavy atom. The zero-order valence-electron chi connectivity index (χ0n) is 12.0. The van der Waals surface area contributed by atoms with Crippen LogP contribution in [0.1, 0.15) is 23.5 Å². The summed E-state index contributed by atoms with van der Waals surface area (Å²) in [7, 11) is 1.54. The van der Waals surface area contributed by atoms with Crippen molar-refractivity contribution in [1.82, 2.24) is 5.32 Å². The molecule has 0 radical (unpaired) electrons. The average Bonchev–Trinajstić information content (AvgIpc) is 3.01. The van der Waals surface area contributed by atoms with Gasteiger partial charge in [-0.25, -0.2) is 9.38 Å². The molecule has 0 aliphatic carbocycles. The minimum Gasteiger partial charge on any atom is -0.354 e. The van der Waals surface area contributed by atoms with Crippen molar-refractivity contribution in [3.8, 4) is 0 Å². The highest BCUT2D eigenvalue weighted by Gasteiger charge is 2.34. The molecule has 3 rings (SSSR count). The van der Waals surface area contributed by atoms with Crippen molar-refractivity contribution >= 4 is 11.6 Å². The molecule has 1 aliphatic heterocycles. The molecule has 4 nitrogen and oxygen atoms in total. The fourth-order valence-corrected chi connectivity index (χ4v) is 2.37. The van der Waals surface area contributed by atoms with E-state index in [9.17, 15) is 9.18 Å². The first-order chi connectivity index (χ1) is 10.7. The second-order valence-electron chi connectivity index (χ2n) is 4.92. The van der Waals surface area contributed by atoms with Crippen molar-refractivity contribution < 1.29 is 13.9 Å². The molecule has 0 unspecified atom stereocenters. The summed E-state index contributed by atoms with van der Waals surface area (Å²) in [5.41, 5.74) is 1.86. The van der Waals surface area contributed by atoms with E-state index in [2.05, 4.69) is 10.3 Å². The Morgan fingerprint density at radius 3 is 2.41 bits per heavy atom. The van der Waals surface area contributed by atoms with E-state index < -0.39 is 12.3 Å². The summed E-state index contributed by atoms with van der Waals surface area (Å²) in [5, 5.41) is 2.57. The van der Waals surface area contributed by atoms with Crippen molar-refractivity contribution in [2.45, 2.75) is 12.3 Å². The van der Waals surface area contributed by atoms with Crippen molar-refractivity contribution in [2.75, 3.05) is 7.05 Å². The summed E-state index contributed by atoms with van der Waals surface area (Å²) >= 11 is 0. The standard InChI is InChI=1S/C17H15FN2O2/c1-19-16(21)14-15(11-7-9-13(18)10-8-11)22-17(20-14)12-5-3-2-4-6-12/h2-10,15,17H,1H3,(H,19,21)/t15-,17+/m0/s1. The summed E-state index contributed by atoms with van der Waals surface area (Å²) < 4.78 is 19.0. The number of hydrogen-bond acceptors (Lipinski definition) is 3. The third-order valence-electron chi connectivity index (χ3n) is 3.49. The summed E-state index contributed by atoms with van der Waals surface area (Å²) in [5.74, 6) is -0.632. The topological polar surface area (TPSA) is 50.7 Å². The average molecular weight is 298 g/mol. The lowest BCUT2D eigenvalue weighted by atomic mass is 10.0. The van der Waals surface area contributed by atoms with E-state index in [0.29, 0.717) is 11.3 Å². The van der Waals surface area contributed by atoms with Crippen LogP contribution in [0, 0.1) is 5.82 Å². The monoisotopic (exact) mass is 298 g/mol. The molecule has 2 aromatic carbocycles. The molecule has 0 spiro atoms. The van der Waals surface area contributed by atoms with Crippen molar-refractivity contribution in [3.63, 3.8) is 0 Å². The summed E-state index contributed by atoms with van der Waals surface area (Å²) in [6, 6.07) is 15.4. The van der Waals surface area contributed by atoms with Crippen LogP contribution >= 0.6 is 0 Å². The molecule has 0 bridgehead atoms. The van der Waals surface area contributed by atoms with Crippen LogP contribution in [0.5, 0.6) is 0 Å². The number of carbonyl (C=O) groups is 1. The predicted octanol–water partition coefficient (Wildman–Crippen LogP) is 2.78. The number of carbonyl (C=O) groups excluding carboxylic acids is 1. The number of ether oxygens (including phenoxy) is 1. The Kier molecular flexibility index (Phi) is 3.98. The lowest BCUT2D eigenvalue weighted by Crippen LogP contribution is -2.30. The lowest BCUT2D eigenvalue weighted by Gasteiger charge is -2.14. The number of aliphatic imine (C=N–C) groups is 1.